The SMILES string of the molecule is CC(C)N(C)S(=O)(=O)N[C@H](CC(N)=O)C(=O)O. The van der Waals surface area contributed by atoms with Gasteiger partial charge in [0.05, 0.1) is 6.42 Å². The quantitative estimate of drug-likeness (QED) is 0.516. The zero-order valence-corrected chi connectivity index (χ0v) is 10.7. The molecule has 8 nitrogen and oxygen atoms in total. The topological polar surface area (TPSA) is 130 Å². The van der Waals surface area contributed by atoms with E-state index in [1.165, 1.54) is 7.05 Å². The van der Waals surface area contributed by atoms with E-state index in [-0.39, 0.29) is 6.04 Å². The first-order valence-corrected chi connectivity index (χ1v) is 6.28. The Morgan fingerprint density at radius 2 is 1.88 bits per heavy atom. The van der Waals surface area contributed by atoms with Crippen molar-refractivity contribution in [3.8, 4) is 0 Å². The lowest BCUT2D eigenvalue weighted by molar-refractivity contribution is -0.140. The molecule has 0 aliphatic rings. The molecule has 0 saturated carbocycles. The van der Waals surface area contributed by atoms with E-state index in [1.54, 1.807) is 13.8 Å². The maximum absolute atomic E-state index is 11.7. The molecule has 0 spiro atoms. The van der Waals surface area contributed by atoms with Gasteiger partial charge in [-0.15, -0.1) is 0 Å². The van der Waals surface area contributed by atoms with Gasteiger partial charge in [-0.05, 0) is 13.8 Å². The van der Waals surface area contributed by atoms with Crippen molar-refractivity contribution in [2.75, 3.05) is 7.05 Å². The molecule has 9 heteroatoms. The molecule has 0 aromatic heterocycles. The average Bonchev–Trinajstić information content (AvgIpc) is 2.14. The number of nitrogens with one attached hydrogen (secondary N) is 1. The van der Waals surface area contributed by atoms with Gasteiger partial charge >= 0.3 is 5.97 Å². The molecule has 0 rings (SSSR count). The van der Waals surface area contributed by atoms with Gasteiger partial charge in [-0.3, -0.25) is 9.59 Å². The number of carboxylic acid groups (broad SMARTS) is 1. The van der Waals surface area contributed by atoms with E-state index < -0.39 is 34.5 Å². The van der Waals surface area contributed by atoms with Crippen LogP contribution in [0.3, 0.4) is 0 Å². The van der Waals surface area contributed by atoms with Gasteiger partial charge in [-0.1, -0.05) is 0 Å². The van der Waals surface area contributed by atoms with Gasteiger partial charge in [0.25, 0.3) is 10.2 Å². The summed E-state index contributed by atoms with van der Waals surface area (Å²) in [6, 6.07) is -1.89. The van der Waals surface area contributed by atoms with Gasteiger partial charge < -0.3 is 10.8 Å². The molecule has 17 heavy (non-hydrogen) atoms. The van der Waals surface area contributed by atoms with Gasteiger partial charge in [0.15, 0.2) is 0 Å². The molecule has 0 saturated heterocycles. The van der Waals surface area contributed by atoms with Crippen LogP contribution >= 0.6 is 0 Å². The summed E-state index contributed by atoms with van der Waals surface area (Å²) in [7, 11) is -2.65. The second-order valence-electron chi connectivity index (χ2n) is 3.79. The second-order valence-corrected chi connectivity index (χ2v) is 5.56. The molecule has 1 atom stereocenters. The molecule has 0 fully saturated rings. The Balaban J connectivity index is 4.88. The van der Waals surface area contributed by atoms with Crippen LogP contribution in [0.25, 0.3) is 0 Å². The Labute approximate surface area is 100.0 Å². The normalized spacial score (nSPS) is 13.9. The fraction of sp³-hybridized carbons (Fsp3) is 0.750. The van der Waals surface area contributed by atoms with Crippen molar-refractivity contribution >= 4 is 22.1 Å². The number of rotatable bonds is 7. The number of carbonyl (C=O) groups excluding carboxylic acids is 1. The van der Waals surface area contributed by atoms with Crippen molar-refractivity contribution in [1.29, 1.82) is 0 Å². The molecule has 0 heterocycles. The summed E-state index contributed by atoms with van der Waals surface area (Å²) >= 11 is 0. The van der Waals surface area contributed by atoms with Crippen LogP contribution in [0.4, 0.5) is 0 Å². The van der Waals surface area contributed by atoms with Gasteiger partial charge in [-0.25, -0.2) is 0 Å². The van der Waals surface area contributed by atoms with Crippen molar-refractivity contribution in [3.05, 3.63) is 0 Å². The van der Waals surface area contributed by atoms with Crippen LogP contribution in [-0.4, -0.2) is 48.8 Å². The first-order chi connectivity index (χ1) is 7.58. The number of carboxylic acids is 1. The summed E-state index contributed by atoms with van der Waals surface area (Å²) in [4.78, 5) is 21.4. The van der Waals surface area contributed by atoms with Crippen LogP contribution in [0.15, 0.2) is 0 Å². The van der Waals surface area contributed by atoms with E-state index in [9.17, 15) is 18.0 Å². The van der Waals surface area contributed by atoms with Crippen molar-refractivity contribution < 1.29 is 23.1 Å². The number of nitrogens with zero attached hydrogens (tertiary/aromatic N) is 1. The monoisotopic (exact) mass is 267 g/mol. The Morgan fingerprint density at radius 3 is 2.18 bits per heavy atom. The van der Waals surface area contributed by atoms with Gasteiger partial charge in [0.2, 0.25) is 5.91 Å². The fourth-order valence-electron chi connectivity index (χ4n) is 0.921. The molecule has 0 aliphatic heterocycles. The average molecular weight is 267 g/mol. The molecule has 0 radical (unpaired) electrons. The number of hydrogen-bond acceptors (Lipinski definition) is 4. The molecule has 0 unspecified atom stereocenters. The summed E-state index contributed by atoms with van der Waals surface area (Å²) in [5, 5.41) is 8.75. The summed E-state index contributed by atoms with van der Waals surface area (Å²) in [6.45, 7) is 3.26. The first kappa shape index (κ1) is 15.8. The van der Waals surface area contributed by atoms with Crippen molar-refractivity contribution in [3.63, 3.8) is 0 Å². The standard InChI is InChI=1S/C8H17N3O5S/c1-5(2)11(3)17(15,16)10-6(8(13)14)4-7(9)12/h5-6,10H,4H2,1-3H3,(H2,9,12)(H,13,14)/t6-/m1/s1. The number of primary amides is 1. The van der Waals surface area contributed by atoms with Crippen LogP contribution in [0, 0.1) is 0 Å². The largest absolute Gasteiger partial charge is 0.480 e. The van der Waals surface area contributed by atoms with Gasteiger partial charge in [0, 0.05) is 13.1 Å². The highest BCUT2D eigenvalue weighted by molar-refractivity contribution is 7.87. The summed E-state index contributed by atoms with van der Waals surface area (Å²) in [5.74, 6) is -2.35. The third-order valence-electron chi connectivity index (χ3n) is 2.10. The Kier molecular flexibility index (Phi) is 5.52. The highest BCUT2D eigenvalue weighted by Crippen LogP contribution is 2.03. The second kappa shape index (κ2) is 5.94. The summed E-state index contributed by atoms with van der Waals surface area (Å²) in [6.07, 6.45) is -0.597. The first-order valence-electron chi connectivity index (χ1n) is 4.84. The lowest BCUT2D eigenvalue weighted by Crippen LogP contribution is -2.50. The van der Waals surface area contributed by atoms with Crippen LogP contribution in [0.2, 0.25) is 0 Å². The smallest absolute Gasteiger partial charge is 0.322 e. The molecule has 0 aromatic rings. The minimum atomic E-state index is -3.95. The lowest BCUT2D eigenvalue weighted by atomic mass is 10.2. The molecular formula is C8H17N3O5S. The van der Waals surface area contributed by atoms with E-state index >= 15 is 0 Å². The molecule has 100 valence electrons. The zero-order valence-electron chi connectivity index (χ0n) is 9.87. The molecule has 4 N–H and O–H groups in total. The highest BCUT2D eigenvalue weighted by atomic mass is 32.2. The van der Waals surface area contributed by atoms with E-state index in [0.717, 1.165) is 4.31 Å². The van der Waals surface area contributed by atoms with Crippen LogP contribution in [0.1, 0.15) is 20.3 Å². The van der Waals surface area contributed by atoms with Crippen molar-refractivity contribution in [1.82, 2.24) is 9.03 Å². The number of nitrogens with two attached hydrogens (primary N) is 1. The highest BCUT2D eigenvalue weighted by Gasteiger charge is 2.29. The number of amides is 1. The van der Waals surface area contributed by atoms with Gasteiger partial charge in [0.1, 0.15) is 6.04 Å². The summed E-state index contributed by atoms with van der Waals surface area (Å²) in [5.41, 5.74) is 4.84. The predicted octanol–water partition coefficient (Wildman–Crippen LogP) is -1.51. The molecular weight excluding hydrogens is 250 g/mol. The summed E-state index contributed by atoms with van der Waals surface area (Å²) < 4.78 is 26.2. The molecule has 0 bridgehead atoms. The molecule has 1 amide bonds. The van der Waals surface area contributed by atoms with E-state index in [0.29, 0.717) is 0 Å². The predicted molar refractivity (Wildman–Crippen MR) is 60.2 cm³/mol. The van der Waals surface area contributed by atoms with Crippen LogP contribution < -0.4 is 10.5 Å². The number of carbonyl (C=O) groups is 2. The molecule has 0 aliphatic carbocycles. The third kappa shape index (κ3) is 5.11. The maximum Gasteiger partial charge on any atom is 0.322 e. The lowest BCUT2D eigenvalue weighted by Gasteiger charge is -2.23. The van der Waals surface area contributed by atoms with Crippen LogP contribution in [-0.2, 0) is 19.8 Å². The van der Waals surface area contributed by atoms with E-state index in [1.807, 2.05) is 4.72 Å². The fourth-order valence-corrected chi connectivity index (χ4v) is 2.19. The Morgan fingerprint density at radius 1 is 1.41 bits per heavy atom. The Hall–Kier alpha value is -1.19. The van der Waals surface area contributed by atoms with Crippen molar-refractivity contribution in [2.45, 2.75) is 32.4 Å². The van der Waals surface area contributed by atoms with Crippen molar-refractivity contribution in [2.24, 2.45) is 5.73 Å². The number of hydrogen-bond donors (Lipinski definition) is 3. The minimum absolute atomic E-state index is 0.337. The third-order valence-corrected chi connectivity index (χ3v) is 3.86. The van der Waals surface area contributed by atoms with E-state index in [2.05, 4.69) is 0 Å². The Bertz CT molecular complexity index is 392. The van der Waals surface area contributed by atoms with Gasteiger partial charge in [-0.2, -0.15) is 17.4 Å². The van der Waals surface area contributed by atoms with Crippen LogP contribution in [0.5, 0.6) is 0 Å². The zero-order chi connectivity index (χ0) is 13.8. The molecule has 0 aromatic carbocycles. The van der Waals surface area contributed by atoms with E-state index in [4.69, 9.17) is 10.8 Å². The number of aliphatic carboxylic acids is 1. The minimum Gasteiger partial charge on any atom is -0.480 e. The maximum atomic E-state index is 11.7.